The quantitative estimate of drug-likeness (QED) is 0.818. The summed E-state index contributed by atoms with van der Waals surface area (Å²) in [6.45, 7) is 9.52. The number of nitrogens with one attached hydrogen (secondary N) is 1. The minimum atomic E-state index is 0.255. The van der Waals surface area contributed by atoms with Crippen molar-refractivity contribution in [3.63, 3.8) is 0 Å². The van der Waals surface area contributed by atoms with Gasteiger partial charge in [0.2, 0.25) is 5.28 Å². The molecule has 0 amide bonds. The Labute approximate surface area is 116 Å². The van der Waals surface area contributed by atoms with Crippen molar-refractivity contribution in [1.82, 2.24) is 14.9 Å². The summed E-state index contributed by atoms with van der Waals surface area (Å²) in [5, 5.41) is 3.58. The highest BCUT2D eigenvalue weighted by Crippen LogP contribution is 2.20. The van der Waals surface area contributed by atoms with Crippen molar-refractivity contribution in [2.45, 2.75) is 26.8 Å². The highest BCUT2D eigenvalue weighted by atomic mass is 79.9. The maximum Gasteiger partial charge on any atom is 0.224 e. The fourth-order valence-electron chi connectivity index (χ4n) is 1.59. The summed E-state index contributed by atoms with van der Waals surface area (Å²) in [4.78, 5) is 10.4. The first-order valence-electron chi connectivity index (χ1n) is 5.73. The predicted octanol–water partition coefficient (Wildman–Crippen LogP) is 3.03. The average molecular weight is 322 g/mol. The molecule has 0 aliphatic rings. The van der Waals surface area contributed by atoms with E-state index in [4.69, 9.17) is 11.6 Å². The van der Waals surface area contributed by atoms with Crippen molar-refractivity contribution in [3.05, 3.63) is 16.0 Å². The Kier molecular flexibility index (Phi) is 6.16. The van der Waals surface area contributed by atoms with E-state index in [0.29, 0.717) is 6.04 Å². The van der Waals surface area contributed by atoms with Crippen molar-refractivity contribution < 1.29 is 0 Å². The first kappa shape index (κ1) is 14.7. The lowest BCUT2D eigenvalue weighted by atomic mass is 10.3. The molecule has 1 atom stereocenters. The number of hydrogen-bond donors (Lipinski definition) is 1. The second-order valence-corrected chi connectivity index (χ2v) is 5.06. The van der Waals surface area contributed by atoms with E-state index in [9.17, 15) is 0 Å². The van der Waals surface area contributed by atoms with Gasteiger partial charge in [-0.05, 0) is 47.5 Å². The molecule has 17 heavy (non-hydrogen) atoms. The van der Waals surface area contributed by atoms with Crippen LogP contribution in [0, 0.1) is 0 Å². The Bertz CT molecular complexity index is 357. The monoisotopic (exact) mass is 320 g/mol. The number of halogens is 2. The van der Waals surface area contributed by atoms with Gasteiger partial charge >= 0.3 is 0 Å². The van der Waals surface area contributed by atoms with E-state index in [1.54, 1.807) is 6.20 Å². The Hall–Kier alpha value is -0.390. The molecule has 0 aliphatic heterocycles. The van der Waals surface area contributed by atoms with Gasteiger partial charge in [-0.15, -0.1) is 0 Å². The summed E-state index contributed by atoms with van der Waals surface area (Å²) in [7, 11) is 0. The number of anilines is 1. The molecule has 4 nitrogen and oxygen atoms in total. The highest BCUT2D eigenvalue weighted by Gasteiger charge is 2.10. The Morgan fingerprint density at radius 1 is 1.47 bits per heavy atom. The van der Waals surface area contributed by atoms with Crippen LogP contribution in [0.2, 0.25) is 5.28 Å². The number of hydrogen-bond acceptors (Lipinski definition) is 4. The molecule has 0 bridgehead atoms. The van der Waals surface area contributed by atoms with Crippen molar-refractivity contribution in [3.8, 4) is 0 Å². The molecule has 6 heteroatoms. The first-order valence-corrected chi connectivity index (χ1v) is 6.90. The summed E-state index contributed by atoms with van der Waals surface area (Å²) in [5.41, 5.74) is 0. The van der Waals surface area contributed by atoms with E-state index < -0.39 is 0 Å². The maximum atomic E-state index is 5.77. The zero-order valence-electron chi connectivity index (χ0n) is 10.4. The van der Waals surface area contributed by atoms with E-state index in [-0.39, 0.29) is 5.28 Å². The van der Waals surface area contributed by atoms with Crippen molar-refractivity contribution in [1.29, 1.82) is 0 Å². The van der Waals surface area contributed by atoms with Crippen LogP contribution >= 0.6 is 27.5 Å². The van der Waals surface area contributed by atoms with Crippen LogP contribution in [0.5, 0.6) is 0 Å². The third-order valence-corrected chi connectivity index (χ3v) is 3.29. The standard InChI is InChI=1S/C11H18BrClN4/c1-4-17(5-2)7-8(3)15-10-9(12)6-14-11(13)16-10/h6,8H,4-5,7H2,1-3H3,(H,14,15,16). The number of rotatable bonds is 6. The Balaban J connectivity index is 2.61. The normalized spacial score (nSPS) is 12.8. The Morgan fingerprint density at radius 3 is 2.71 bits per heavy atom. The fourth-order valence-corrected chi connectivity index (χ4v) is 2.03. The van der Waals surface area contributed by atoms with Crippen LogP contribution in [0.15, 0.2) is 10.7 Å². The lowest BCUT2D eigenvalue weighted by Gasteiger charge is -2.24. The first-order chi connectivity index (χ1) is 8.06. The molecule has 1 N–H and O–H groups in total. The molecule has 0 aliphatic carbocycles. The third kappa shape index (κ3) is 4.77. The second-order valence-electron chi connectivity index (χ2n) is 3.87. The van der Waals surface area contributed by atoms with Gasteiger partial charge in [0.25, 0.3) is 0 Å². The zero-order chi connectivity index (χ0) is 12.8. The van der Waals surface area contributed by atoms with Crippen LogP contribution in [0.4, 0.5) is 5.82 Å². The van der Waals surface area contributed by atoms with Crippen LogP contribution in [-0.4, -0.2) is 40.5 Å². The molecule has 0 saturated heterocycles. The lowest BCUT2D eigenvalue weighted by Crippen LogP contribution is -2.35. The topological polar surface area (TPSA) is 41.0 Å². The SMILES string of the molecule is CCN(CC)CC(C)Nc1nc(Cl)ncc1Br. The minimum Gasteiger partial charge on any atom is -0.365 e. The molecule has 1 heterocycles. The van der Waals surface area contributed by atoms with Gasteiger partial charge in [0.15, 0.2) is 0 Å². The van der Waals surface area contributed by atoms with Gasteiger partial charge in [0.05, 0.1) is 4.47 Å². The van der Waals surface area contributed by atoms with E-state index in [2.05, 4.69) is 56.9 Å². The molecule has 0 spiro atoms. The highest BCUT2D eigenvalue weighted by molar-refractivity contribution is 9.10. The smallest absolute Gasteiger partial charge is 0.224 e. The van der Waals surface area contributed by atoms with Crippen LogP contribution in [-0.2, 0) is 0 Å². The summed E-state index contributed by atoms with van der Waals surface area (Å²) in [6, 6.07) is 0.303. The van der Waals surface area contributed by atoms with Gasteiger partial charge in [-0.25, -0.2) is 4.98 Å². The third-order valence-electron chi connectivity index (χ3n) is 2.52. The van der Waals surface area contributed by atoms with E-state index >= 15 is 0 Å². The maximum absolute atomic E-state index is 5.77. The van der Waals surface area contributed by atoms with Gasteiger partial charge in [-0.1, -0.05) is 13.8 Å². The summed E-state index contributed by atoms with van der Waals surface area (Å²) in [5.74, 6) is 0.740. The van der Waals surface area contributed by atoms with Crippen LogP contribution in [0.25, 0.3) is 0 Å². The lowest BCUT2D eigenvalue weighted by molar-refractivity contribution is 0.294. The molecule has 0 aromatic carbocycles. The Morgan fingerprint density at radius 2 is 2.12 bits per heavy atom. The number of nitrogens with zero attached hydrogens (tertiary/aromatic N) is 3. The minimum absolute atomic E-state index is 0.255. The van der Waals surface area contributed by atoms with Gasteiger partial charge in [-0.3, -0.25) is 0 Å². The number of aromatic nitrogens is 2. The molecular weight excluding hydrogens is 304 g/mol. The van der Waals surface area contributed by atoms with Gasteiger partial charge < -0.3 is 10.2 Å². The summed E-state index contributed by atoms with van der Waals surface area (Å²) < 4.78 is 0.827. The molecule has 96 valence electrons. The molecule has 0 saturated carbocycles. The van der Waals surface area contributed by atoms with E-state index in [0.717, 1.165) is 29.9 Å². The van der Waals surface area contributed by atoms with Crippen molar-refractivity contribution in [2.24, 2.45) is 0 Å². The zero-order valence-corrected chi connectivity index (χ0v) is 12.7. The van der Waals surface area contributed by atoms with Crippen molar-refractivity contribution >= 4 is 33.3 Å². The molecule has 1 aromatic rings. The van der Waals surface area contributed by atoms with Crippen molar-refractivity contribution in [2.75, 3.05) is 25.0 Å². The average Bonchev–Trinajstić information content (AvgIpc) is 2.31. The fraction of sp³-hybridized carbons (Fsp3) is 0.636. The van der Waals surface area contributed by atoms with E-state index in [1.165, 1.54) is 0 Å². The van der Waals surface area contributed by atoms with Crippen LogP contribution in [0.1, 0.15) is 20.8 Å². The van der Waals surface area contributed by atoms with Crippen LogP contribution < -0.4 is 5.32 Å². The molecule has 0 fully saturated rings. The molecule has 1 unspecified atom stereocenters. The van der Waals surface area contributed by atoms with Gasteiger partial charge in [0.1, 0.15) is 5.82 Å². The predicted molar refractivity (Wildman–Crippen MR) is 75.6 cm³/mol. The second kappa shape index (κ2) is 7.13. The van der Waals surface area contributed by atoms with E-state index in [1.807, 2.05) is 0 Å². The summed E-state index contributed by atoms with van der Waals surface area (Å²) in [6.07, 6.45) is 1.65. The largest absolute Gasteiger partial charge is 0.365 e. The van der Waals surface area contributed by atoms with Crippen LogP contribution in [0.3, 0.4) is 0 Å². The summed E-state index contributed by atoms with van der Waals surface area (Å²) >= 11 is 9.17. The molecular formula is C11H18BrClN4. The molecule has 0 radical (unpaired) electrons. The number of likely N-dealkylation sites (N-methyl/N-ethyl adjacent to an activating group) is 1. The van der Waals surface area contributed by atoms with Gasteiger partial charge in [0, 0.05) is 18.8 Å². The molecule has 1 rings (SSSR count). The molecule has 1 aromatic heterocycles. The van der Waals surface area contributed by atoms with Gasteiger partial charge in [-0.2, -0.15) is 4.98 Å².